The highest BCUT2D eigenvalue weighted by Crippen LogP contribution is 2.14. The van der Waals surface area contributed by atoms with Crippen molar-refractivity contribution in [1.29, 1.82) is 0 Å². The van der Waals surface area contributed by atoms with E-state index < -0.39 is 0 Å². The molecule has 2 aliphatic rings. The zero-order chi connectivity index (χ0) is 14.4. The van der Waals surface area contributed by atoms with Crippen molar-refractivity contribution in [3.05, 3.63) is 0 Å². The second kappa shape index (κ2) is 7.59. The van der Waals surface area contributed by atoms with Crippen LogP contribution in [-0.2, 0) is 9.59 Å². The van der Waals surface area contributed by atoms with Gasteiger partial charge in [-0.2, -0.15) is 0 Å². The molecule has 1 atom stereocenters. The van der Waals surface area contributed by atoms with Crippen LogP contribution in [0.2, 0.25) is 0 Å². The highest BCUT2D eigenvalue weighted by atomic mass is 16.2. The van der Waals surface area contributed by atoms with Gasteiger partial charge >= 0.3 is 0 Å². The maximum Gasteiger partial charge on any atom is 0.233 e. The van der Waals surface area contributed by atoms with Gasteiger partial charge in [-0.05, 0) is 32.2 Å². The maximum absolute atomic E-state index is 12.1. The molecule has 3 N–H and O–H groups in total. The Morgan fingerprint density at radius 1 is 1.25 bits per heavy atom. The predicted octanol–water partition coefficient (Wildman–Crippen LogP) is -0.687. The molecule has 0 radical (unpaired) electrons. The molecular formula is C14H26N4O2. The molecule has 6 heteroatoms. The molecule has 0 aromatic rings. The molecular weight excluding hydrogens is 256 g/mol. The first kappa shape index (κ1) is 15.3. The third-order valence-electron chi connectivity index (χ3n) is 4.25. The Labute approximate surface area is 120 Å². The zero-order valence-electron chi connectivity index (χ0n) is 12.3. The number of amides is 2. The monoisotopic (exact) mass is 282 g/mol. The van der Waals surface area contributed by atoms with Crippen molar-refractivity contribution in [3.63, 3.8) is 0 Å². The lowest BCUT2D eigenvalue weighted by Gasteiger charge is -2.33. The molecule has 2 rings (SSSR count). The van der Waals surface area contributed by atoms with E-state index in [1.165, 1.54) is 0 Å². The van der Waals surface area contributed by atoms with E-state index in [0.717, 1.165) is 51.9 Å². The van der Waals surface area contributed by atoms with Gasteiger partial charge in [0.05, 0.1) is 12.5 Å². The first-order chi connectivity index (χ1) is 9.69. The SMILES string of the molecule is CNC(=O)CN1CCC(NC(=O)[C@H]2CCCNC2)CC1. The fourth-order valence-electron chi connectivity index (χ4n) is 2.91. The van der Waals surface area contributed by atoms with Crippen LogP contribution < -0.4 is 16.0 Å². The Morgan fingerprint density at radius 3 is 2.60 bits per heavy atom. The summed E-state index contributed by atoms with van der Waals surface area (Å²) < 4.78 is 0. The van der Waals surface area contributed by atoms with Crippen LogP contribution in [0.4, 0.5) is 0 Å². The van der Waals surface area contributed by atoms with Gasteiger partial charge < -0.3 is 16.0 Å². The van der Waals surface area contributed by atoms with E-state index in [9.17, 15) is 9.59 Å². The van der Waals surface area contributed by atoms with Crippen molar-refractivity contribution in [2.24, 2.45) is 5.92 Å². The third-order valence-corrected chi connectivity index (χ3v) is 4.25. The second-order valence-corrected chi connectivity index (χ2v) is 5.78. The van der Waals surface area contributed by atoms with Gasteiger partial charge in [0.2, 0.25) is 11.8 Å². The van der Waals surface area contributed by atoms with Crippen LogP contribution in [-0.4, -0.2) is 62.5 Å². The van der Waals surface area contributed by atoms with E-state index in [2.05, 4.69) is 20.9 Å². The smallest absolute Gasteiger partial charge is 0.233 e. The number of nitrogens with zero attached hydrogens (tertiary/aromatic N) is 1. The Balaban J connectivity index is 1.68. The average Bonchev–Trinajstić information content (AvgIpc) is 2.50. The molecule has 0 bridgehead atoms. The van der Waals surface area contributed by atoms with Crippen molar-refractivity contribution >= 4 is 11.8 Å². The number of likely N-dealkylation sites (tertiary alicyclic amines) is 1. The van der Waals surface area contributed by atoms with Crippen molar-refractivity contribution in [2.75, 3.05) is 39.8 Å². The number of nitrogens with one attached hydrogen (secondary N) is 3. The Hall–Kier alpha value is -1.14. The lowest BCUT2D eigenvalue weighted by atomic mass is 9.97. The van der Waals surface area contributed by atoms with E-state index in [4.69, 9.17) is 0 Å². The van der Waals surface area contributed by atoms with Crippen molar-refractivity contribution in [3.8, 4) is 0 Å². The van der Waals surface area contributed by atoms with E-state index in [1.54, 1.807) is 7.05 Å². The summed E-state index contributed by atoms with van der Waals surface area (Å²) in [7, 11) is 1.66. The molecule has 0 spiro atoms. The molecule has 2 fully saturated rings. The van der Waals surface area contributed by atoms with Crippen LogP contribution in [0.3, 0.4) is 0 Å². The van der Waals surface area contributed by atoms with Gasteiger partial charge in [-0.25, -0.2) is 0 Å². The van der Waals surface area contributed by atoms with E-state index in [1.807, 2.05) is 0 Å². The van der Waals surface area contributed by atoms with Crippen LogP contribution >= 0.6 is 0 Å². The molecule has 0 unspecified atom stereocenters. The standard InChI is InChI=1S/C14H26N4O2/c1-15-13(19)10-18-7-4-12(5-8-18)17-14(20)11-3-2-6-16-9-11/h11-12,16H,2-10H2,1H3,(H,15,19)(H,17,20)/t11-/m0/s1. The molecule has 0 aliphatic carbocycles. The lowest BCUT2D eigenvalue weighted by Crippen LogP contribution is -2.49. The summed E-state index contributed by atoms with van der Waals surface area (Å²) in [6.07, 6.45) is 3.95. The minimum atomic E-state index is 0.0563. The van der Waals surface area contributed by atoms with Crippen molar-refractivity contribution in [1.82, 2.24) is 20.9 Å². The van der Waals surface area contributed by atoms with Gasteiger partial charge in [0, 0.05) is 32.7 Å². The molecule has 6 nitrogen and oxygen atoms in total. The molecule has 0 saturated carbocycles. The van der Waals surface area contributed by atoms with Crippen molar-refractivity contribution < 1.29 is 9.59 Å². The number of carbonyl (C=O) groups is 2. The summed E-state index contributed by atoms with van der Waals surface area (Å²) in [5.74, 6) is 0.385. The Bertz CT molecular complexity index is 334. The highest BCUT2D eigenvalue weighted by Gasteiger charge is 2.26. The minimum absolute atomic E-state index is 0.0563. The largest absolute Gasteiger partial charge is 0.358 e. The van der Waals surface area contributed by atoms with Crippen LogP contribution in [0, 0.1) is 5.92 Å². The first-order valence-corrected chi connectivity index (χ1v) is 7.63. The molecule has 0 aromatic carbocycles. The second-order valence-electron chi connectivity index (χ2n) is 5.78. The summed E-state index contributed by atoms with van der Waals surface area (Å²) in [5.41, 5.74) is 0. The molecule has 2 saturated heterocycles. The van der Waals surface area contributed by atoms with Crippen molar-refractivity contribution in [2.45, 2.75) is 31.7 Å². The fourth-order valence-corrected chi connectivity index (χ4v) is 2.91. The first-order valence-electron chi connectivity index (χ1n) is 7.63. The number of likely N-dealkylation sites (N-methyl/N-ethyl adjacent to an activating group) is 1. The summed E-state index contributed by atoms with van der Waals surface area (Å²) in [4.78, 5) is 25.6. The van der Waals surface area contributed by atoms with Crippen LogP contribution in [0.15, 0.2) is 0 Å². The molecule has 0 aromatic heterocycles. The van der Waals surface area contributed by atoms with Gasteiger partial charge in [0.1, 0.15) is 0 Å². The average molecular weight is 282 g/mol. The molecule has 2 amide bonds. The quantitative estimate of drug-likeness (QED) is 0.638. The molecule has 2 aliphatic heterocycles. The van der Waals surface area contributed by atoms with Gasteiger partial charge in [-0.3, -0.25) is 14.5 Å². The highest BCUT2D eigenvalue weighted by molar-refractivity contribution is 5.79. The minimum Gasteiger partial charge on any atom is -0.358 e. The van der Waals surface area contributed by atoms with Gasteiger partial charge in [0.15, 0.2) is 0 Å². The summed E-state index contributed by atoms with van der Waals surface area (Å²) >= 11 is 0. The number of hydrogen-bond donors (Lipinski definition) is 3. The predicted molar refractivity (Wildman–Crippen MR) is 77.3 cm³/mol. The summed E-state index contributed by atoms with van der Waals surface area (Å²) in [6, 6.07) is 0.269. The maximum atomic E-state index is 12.1. The van der Waals surface area contributed by atoms with E-state index in [-0.39, 0.29) is 23.8 Å². The van der Waals surface area contributed by atoms with Crippen LogP contribution in [0.1, 0.15) is 25.7 Å². The Kier molecular flexibility index (Phi) is 5.79. The lowest BCUT2D eigenvalue weighted by molar-refractivity contribution is -0.127. The zero-order valence-corrected chi connectivity index (χ0v) is 12.3. The number of rotatable bonds is 4. The fraction of sp³-hybridized carbons (Fsp3) is 0.857. The Morgan fingerprint density at radius 2 is 2.00 bits per heavy atom. The normalized spacial score (nSPS) is 25.1. The number of hydrogen-bond acceptors (Lipinski definition) is 4. The van der Waals surface area contributed by atoms with Crippen LogP contribution in [0.25, 0.3) is 0 Å². The summed E-state index contributed by atoms with van der Waals surface area (Å²) in [6.45, 7) is 4.05. The molecule has 20 heavy (non-hydrogen) atoms. The molecule has 2 heterocycles. The number of carbonyl (C=O) groups excluding carboxylic acids is 2. The molecule has 114 valence electrons. The summed E-state index contributed by atoms with van der Waals surface area (Å²) in [5, 5.41) is 9.09. The van der Waals surface area contributed by atoms with Gasteiger partial charge in [-0.15, -0.1) is 0 Å². The topological polar surface area (TPSA) is 73.5 Å². The van der Waals surface area contributed by atoms with Gasteiger partial charge in [0.25, 0.3) is 0 Å². The van der Waals surface area contributed by atoms with E-state index in [0.29, 0.717) is 6.54 Å². The van der Waals surface area contributed by atoms with E-state index >= 15 is 0 Å². The van der Waals surface area contributed by atoms with Crippen LogP contribution in [0.5, 0.6) is 0 Å². The van der Waals surface area contributed by atoms with Gasteiger partial charge in [-0.1, -0.05) is 0 Å². The number of piperidine rings is 2. The third kappa shape index (κ3) is 4.45.